The smallest absolute Gasteiger partial charge is 0.223 e. The van der Waals surface area contributed by atoms with Crippen LogP contribution in [0.4, 0.5) is 0 Å². The Balaban J connectivity index is 0.00000192. The molecule has 5 heteroatoms. The molecule has 2 bridgehead atoms. The minimum atomic E-state index is 0. The zero-order valence-electron chi connectivity index (χ0n) is 13.5. The van der Waals surface area contributed by atoms with Crippen LogP contribution in [0, 0.1) is 17.8 Å². The summed E-state index contributed by atoms with van der Waals surface area (Å²) >= 11 is 3.44. The molecule has 0 spiro atoms. The highest BCUT2D eigenvalue weighted by Crippen LogP contribution is 2.42. The van der Waals surface area contributed by atoms with Gasteiger partial charge in [-0.3, -0.25) is 4.79 Å². The van der Waals surface area contributed by atoms with Gasteiger partial charge in [-0.2, -0.15) is 0 Å². The topological polar surface area (TPSA) is 55.1 Å². The highest BCUT2D eigenvalue weighted by Gasteiger charge is 2.40. The summed E-state index contributed by atoms with van der Waals surface area (Å²) in [7, 11) is 0. The van der Waals surface area contributed by atoms with E-state index in [0.717, 1.165) is 22.9 Å². The molecule has 1 amide bonds. The van der Waals surface area contributed by atoms with E-state index in [9.17, 15) is 4.79 Å². The average molecular weight is 402 g/mol. The molecular weight excluding hydrogens is 376 g/mol. The van der Waals surface area contributed by atoms with Gasteiger partial charge in [0, 0.05) is 16.4 Å². The number of carbonyl (C=O) groups excluding carboxylic acids is 1. The van der Waals surface area contributed by atoms with Crippen molar-refractivity contribution >= 4 is 34.2 Å². The summed E-state index contributed by atoms with van der Waals surface area (Å²) in [6.07, 6.45) is 5.62. The fourth-order valence-electron chi connectivity index (χ4n) is 4.17. The molecule has 2 saturated carbocycles. The molecule has 2 aliphatic carbocycles. The molecule has 23 heavy (non-hydrogen) atoms. The fourth-order valence-corrected chi connectivity index (χ4v) is 4.43. The van der Waals surface area contributed by atoms with Gasteiger partial charge in [-0.15, -0.1) is 12.4 Å². The Kier molecular flexibility index (Phi) is 6.52. The minimum Gasteiger partial charge on any atom is -0.349 e. The molecule has 2 aliphatic rings. The van der Waals surface area contributed by atoms with Crippen molar-refractivity contribution in [2.45, 2.75) is 51.1 Å². The molecule has 0 aliphatic heterocycles. The second-order valence-corrected chi connectivity index (χ2v) is 7.89. The van der Waals surface area contributed by atoms with Crippen molar-refractivity contribution in [1.82, 2.24) is 5.32 Å². The highest BCUT2D eigenvalue weighted by molar-refractivity contribution is 9.10. The van der Waals surface area contributed by atoms with Crippen LogP contribution >= 0.6 is 28.3 Å². The molecule has 0 heterocycles. The van der Waals surface area contributed by atoms with Crippen LogP contribution in [0.1, 0.15) is 50.6 Å². The van der Waals surface area contributed by atoms with Gasteiger partial charge in [0.1, 0.15) is 0 Å². The van der Waals surface area contributed by atoms with Crippen molar-refractivity contribution in [3.8, 4) is 0 Å². The maximum absolute atomic E-state index is 12.6. The third-order valence-electron chi connectivity index (χ3n) is 5.51. The van der Waals surface area contributed by atoms with Gasteiger partial charge >= 0.3 is 0 Å². The molecule has 0 aromatic heterocycles. The molecule has 3 unspecified atom stereocenters. The van der Waals surface area contributed by atoms with Gasteiger partial charge in [-0.05, 0) is 62.1 Å². The van der Waals surface area contributed by atoms with Crippen LogP contribution in [-0.2, 0) is 4.79 Å². The molecule has 1 aromatic rings. The number of carbonyl (C=O) groups is 1. The molecule has 0 radical (unpaired) electrons. The van der Waals surface area contributed by atoms with E-state index in [4.69, 9.17) is 5.73 Å². The molecule has 0 saturated heterocycles. The standard InChI is InChI=1S/C18H25BrN2O.ClH/c1-11(12-5-7-16(19)8-6-12)21-18(22)15-9-13-3-2-4-14(10-15)17(13)20;/h5-8,11,13-15,17H,2-4,9-10,20H2,1H3,(H,21,22);1H. The first-order valence-electron chi connectivity index (χ1n) is 8.36. The number of benzene rings is 1. The summed E-state index contributed by atoms with van der Waals surface area (Å²) in [4.78, 5) is 12.6. The van der Waals surface area contributed by atoms with Crippen LogP contribution in [0.25, 0.3) is 0 Å². The Labute approximate surface area is 153 Å². The maximum atomic E-state index is 12.6. The second kappa shape index (κ2) is 8.00. The Morgan fingerprint density at radius 2 is 1.78 bits per heavy atom. The fraction of sp³-hybridized carbons (Fsp3) is 0.611. The molecular formula is C18H26BrClN2O. The summed E-state index contributed by atoms with van der Waals surface area (Å²) in [6.45, 7) is 2.05. The number of hydrogen-bond donors (Lipinski definition) is 2. The quantitative estimate of drug-likeness (QED) is 0.797. The van der Waals surface area contributed by atoms with Gasteiger partial charge in [0.15, 0.2) is 0 Å². The van der Waals surface area contributed by atoms with E-state index in [1.807, 2.05) is 12.1 Å². The van der Waals surface area contributed by atoms with Crippen molar-refractivity contribution in [1.29, 1.82) is 0 Å². The van der Waals surface area contributed by atoms with E-state index in [-0.39, 0.29) is 30.3 Å². The predicted octanol–water partition coefficient (Wildman–Crippen LogP) is 4.20. The molecule has 128 valence electrons. The first-order valence-corrected chi connectivity index (χ1v) is 9.15. The van der Waals surface area contributed by atoms with Gasteiger partial charge in [0.05, 0.1) is 6.04 Å². The van der Waals surface area contributed by atoms with Crippen LogP contribution in [0.3, 0.4) is 0 Å². The van der Waals surface area contributed by atoms with E-state index >= 15 is 0 Å². The van der Waals surface area contributed by atoms with Crippen molar-refractivity contribution in [3.05, 3.63) is 34.3 Å². The van der Waals surface area contributed by atoms with Crippen LogP contribution in [-0.4, -0.2) is 11.9 Å². The lowest BCUT2D eigenvalue weighted by molar-refractivity contribution is -0.128. The van der Waals surface area contributed by atoms with Crippen molar-refractivity contribution in [3.63, 3.8) is 0 Å². The summed E-state index contributed by atoms with van der Waals surface area (Å²) < 4.78 is 1.06. The third kappa shape index (κ3) is 4.28. The van der Waals surface area contributed by atoms with Gasteiger partial charge < -0.3 is 11.1 Å². The molecule has 3 nitrogen and oxygen atoms in total. The van der Waals surface area contributed by atoms with Crippen molar-refractivity contribution in [2.75, 3.05) is 0 Å². The Hall–Kier alpha value is -0.580. The molecule has 3 rings (SSSR count). The van der Waals surface area contributed by atoms with Gasteiger partial charge in [0.25, 0.3) is 0 Å². The van der Waals surface area contributed by atoms with Crippen LogP contribution in [0.15, 0.2) is 28.7 Å². The number of fused-ring (bicyclic) bond motifs is 2. The molecule has 1 aromatic carbocycles. The zero-order chi connectivity index (χ0) is 15.7. The maximum Gasteiger partial charge on any atom is 0.223 e. The van der Waals surface area contributed by atoms with Gasteiger partial charge in [-0.25, -0.2) is 0 Å². The lowest BCUT2D eigenvalue weighted by Gasteiger charge is -2.43. The Morgan fingerprint density at radius 3 is 2.35 bits per heavy atom. The number of hydrogen-bond acceptors (Lipinski definition) is 2. The summed E-state index contributed by atoms with van der Waals surface area (Å²) in [5, 5.41) is 3.19. The lowest BCUT2D eigenvalue weighted by atomic mass is 9.65. The average Bonchev–Trinajstić information content (AvgIpc) is 2.47. The summed E-state index contributed by atoms with van der Waals surface area (Å²) in [5.41, 5.74) is 7.46. The second-order valence-electron chi connectivity index (χ2n) is 6.98. The zero-order valence-corrected chi connectivity index (χ0v) is 15.9. The van der Waals surface area contributed by atoms with Crippen LogP contribution in [0.2, 0.25) is 0 Å². The van der Waals surface area contributed by atoms with Gasteiger partial charge in [0.2, 0.25) is 5.91 Å². The SMILES string of the molecule is CC(NC(=O)C1CC2CCCC(C1)C2N)c1ccc(Br)cc1.Cl. The molecule has 3 atom stereocenters. The summed E-state index contributed by atoms with van der Waals surface area (Å²) in [5.74, 6) is 1.45. The van der Waals surface area contributed by atoms with E-state index < -0.39 is 0 Å². The highest BCUT2D eigenvalue weighted by atomic mass is 79.9. The molecule has 3 N–H and O–H groups in total. The number of nitrogens with one attached hydrogen (secondary N) is 1. The Morgan fingerprint density at radius 1 is 1.22 bits per heavy atom. The number of amides is 1. The lowest BCUT2D eigenvalue weighted by Crippen LogP contribution is -2.49. The first-order chi connectivity index (χ1) is 10.5. The van der Waals surface area contributed by atoms with Crippen LogP contribution < -0.4 is 11.1 Å². The van der Waals surface area contributed by atoms with E-state index in [0.29, 0.717) is 17.9 Å². The molecule has 2 fully saturated rings. The third-order valence-corrected chi connectivity index (χ3v) is 6.04. The minimum absolute atomic E-state index is 0. The van der Waals surface area contributed by atoms with E-state index in [1.54, 1.807) is 0 Å². The first kappa shape index (κ1) is 18.8. The van der Waals surface area contributed by atoms with Crippen molar-refractivity contribution in [2.24, 2.45) is 23.5 Å². The summed E-state index contributed by atoms with van der Waals surface area (Å²) in [6, 6.07) is 8.52. The predicted molar refractivity (Wildman–Crippen MR) is 99.5 cm³/mol. The Bertz CT molecular complexity index is 522. The monoisotopic (exact) mass is 400 g/mol. The number of rotatable bonds is 3. The largest absolute Gasteiger partial charge is 0.349 e. The number of nitrogens with two attached hydrogens (primary N) is 1. The van der Waals surface area contributed by atoms with E-state index in [2.05, 4.69) is 40.3 Å². The van der Waals surface area contributed by atoms with Crippen molar-refractivity contribution < 1.29 is 4.79 Å². The van der Waals surface area contributed by atoms with Crippen LogP contribution in [0.5, 0.6) is 0 Å². The number of halogens is 2. The normalized spacial score (nSPS) is 30.9. The van der Waals surface area contributed by atoms with E-state index in [1.165, 1.54) is 19.3 Å². The van der Waals surface area contributed by atoms with Gasteiger partial charge in [-0.1, -0.05) is 34.5 Å².